The zero-order valence-corrected chi connectivity index (χ0v) is 12.6. The third kappa shape index (κ3) is 2.37. The highest BCUT2D eigenvalue weighted by molar-refractivity contribution is 5.80. The second-order valence-corrected chi connectivity index (χ2v) is 6.09. The summed E-state index contributed by atoms with van der Waals surface area (Å²) in [4.78, 5) is 11.8. The maximum absolute atomic E-state index is 11.8. The number of aromatic amines is 1. The van der Waals surface area contributed by atoms with Crippen LogP contribution in [0.25, 0.3) is 10.9 Å². The summed E-state index contributed by atoms with van der Waals surface area (Å²) in [6.45, 7) is 3.54. The number of benzene rings is 2. The maximum Gasteiger partial charge on any atom is 0.310 e. The lowest BCUT2D eigenvalue weighted by Gasteiger charge is -2.31. The molecule has 1 atom stereocenters. The largest absolute Gasteiger partial charge is 0.481 e. The molecule has 3 aromatic rings. The minimum absolute atomic E-state index is 0.231. The van der Waals surface area contributed by atoms with Crippen LogP contribution in [0.15, 0.2) is 54.7 Å². The summed E-state index contributed by atoms with van der Waals surface area (Å²) in [5, 5.41) is 17.6. The van der Waals surface area contributed by atoms with E-state index in [0.29, 0.717) is 0 Å². The average Bonchev–Trinajstić information content (AvgIpc) is 2.96. The lowest BCUT2D eigenvalue weighted by Crippen LogP contribution is -2.32. The minimum atomic E-state index is -0.918. The number of carboxylic acids is 1. The van der Waals surface area contributed by atoms with Crippen LogP contribution < -0.4 is 0 Å². The Kier molecular flexibility index (Phi) is 3.45. The van der Waals surface area contributed by atoms with Crippen molar-refractivity contribution in [2.45, 2.75) is 19.8 Å². The highest BCUT2D eigenvalue weighted by atomic mass is 16.4. The molecular formula is C18H18N2O2. The van der Waals surface area contributed by atoms with Gasteiger partial charge in [0.2, 0.25) is 0 Å². The van der Waals surface area contributed by atoms with E-state index in [-0.39, 0.29) is 5.92 Å². The zero-order valence-electron chi connectivity index (χ0n) is 12.6. The van der Waals surface area contributed by atoms with Crippen LogP contribution >= 0.6 is 0 Å². The number of H-pyrrole nitrogens is 1. The number of carbonyl (C=O) groups is 1. The molecule has 1 aromatic heterocycles. The monoisotopic (exact) mass is 294 g/mol. The van der Waals surface area contributed by atoms with Crippen molar-refractivity contribution in [2.24, 2.45) is 5.41 Å². The van der Waals surface area contributed by atoms with E-state index in [1.54, 1.807) is 20.0 Å². The molecule has 0 amide bonds. The Morgan fingerprint density at radius 1 is 1.14 bits per heavy atom. The van der Waals surface area contributed by atoms with Crippen LogP contribution in [0.1, 0.15) is 30.9 Å². The van der Waals surface area contributed by atoms with Gasteiger partial charge in [0, 0.05) is 11.3 Å². The van der Waals surface area contributed by atoms with Crippen LogP contribution in [0.5, 0.6) is 0 Å². The minimum Gasteiger partial charge on any atom is -0.481 e. The smallest absolute Gasteiger partial charge is 0.310 e. The zero-order chi connectivity index (χ0) is 15.7. The topological polar surface area (TPSA) is 66.0 Å². The summed E-state index contributed by atoms with van der Waals surface area (Å²) in [6, 6.07) is 15.7. The molecule has 2 aromatic carbocycles. The SMILES string of the molecule is CC(C)(C(=O)O)C(c1ccccc1)c1ccc2[nH]ncc2c1. The number of hydrogen-bond acceptors (Lipinski definition) is 2. The number of nitrogens with zero attached hydrogens (tertiary/aromatic N) is 1. The van der Waals surface area contributed by atoms with E-state index in [9.17, 15) is 9.90 Å². The van der Waals surface area contributed by atoms with Crippen molar-refractivity contribution in [1.82, 2.24) is 10.2 Å². The van der Waals surface area contributed by atoms with Crippen LogP contribution in [0.3, 0.4) is 0 Å². The Bertz CT molecular complexity index is 806. The predicted octanol–water partition coefficient (Wildman–Crippen LogP) is 3.81. The second-order valence-electron chi connectivity index (χ2n) is 6.09. The van der Waals surface area contributed by atoms with E-state index in [1.165, 1.54) is 0 Å². The van der Waals surface area contributed by atoms with Crippen molar-refractivity contribution in [2.75, 3.05) is 0 Å². The van der Waals surface area contributed by atoms with E-state index >= 15 is 0 Å². The molecule has 0 aliphatic heterocycles. The van der Waals surface area contributed by atoms with Crippen molar-refractivity contribution in [1.29, 1.82) is 0 Å². The van der Waals surface area contributed by atoms with E-state index in [2.05, 4.69) is 10.2 Å². The summed E-state index contributed by atoms with van der Waals surface area (Å²) >= 11 is 0. The number of fused-ring (bicyclic) bond motifs is 1. The molecule has 1 unspecified atom stereocenters. The van der Waals surface area contributed by atoms with E-state index < -0.39 is 11.4 Å². The fourth-order valence-corrected chi connectivity index (χ4v) is 2.94. The van der Waals surface area contributed by atoms with Crippen LogP contribution in [-0.4, -0.2) is 21.3 Å². The van der Waals surface area contributed by atoms with Gasteiger partial charge >= 0.3 is 5.97 Å². The third-order valence-electron chi connectivity index (χ3n) is 4.20. The molecule has 0 aliphatic carbocycles. The van der Waals surface area contributed by atoms with E-state index in [1.807, 2.05) is 48.5 Å². The van der Waals surface area contributed by atoms with Gasteiger partial charge in [-0.15, -0.1) is 0 Å². The summed E-state index contributed by atoms with van der Waals surface area (Å²) in [5.74, 6) is -1.04. The van der Waals surface area contributed by atoms with Gasteiger partial charge in [-0.05, 0) is 37.1 Å². The Hall–Kier alpha value is -2.62. The maximum atomic E-state index is 11.8. The van der Waals surface area contributed by atoms with Gasteiger partial charge in [-0.1, -0.05) is 36.4 Å². The first-order valence-electron chi connectivity index (χ1n) is 7.21. The van der Waals surface area contributed by atoms with Gasteiger partial charge in [0.05, 0.1) is 17.1 Å². The highest BCUT2D eigenvalue weighted by Gasteiger charge is 2.38. The van der Waals surface area contributed by atoms with Gasteiger partial charge in [0.15, 0.2) is 0 Å². The molecule has 4 nitrogen and oxygen atoms in total. The Labute approximate surface area is 128 Å². The molecule has 0 saturated carbocycles. The van der Waals surface area contributed by atoms with Crippen molar-refractivity contribution in [3.63, 3.8) is 0 Å². The molecule has 0 fully saturated rings. The quantitative estimate of drug-likeness (QED) is 0.769. The van der Waals surface area contributed by atoms with Crippen molar-refractivity contribution < 1.29 is 9.90 Å². The first-order chi connectivity index (χ1) is 10.5. The normalized spacial score (nSPS) is 13.2. The number of nitrogens with one attached hydrogen (secondary N) is 1. The van der Waals surface area contributed by atoms with Gasteiger partial charge in [0.1, 0.15) is 0 Å². The summed E-state index contributed by atoms with van der Waals surface area (Å²) in [6.07, 6.45) is 1.76. The van der Waals surface area contributed by atoms with Gasteiger partial charge < -0.3 is 5.11 Å². The second kappa shape index (κ2) is 5.30. The molecule has 1 heterocycles. The van der Waals surface area contributed by atoms with Crippen LogP contribution in [0.2, 0.25) is 0 Å². The summed E-state index contributed by atoms with van der Waals surface area (Å²) in [7, 11) is 0. The molecule has 0 bridgehead atoms. The molecule has 112 valence electrons. The number of hydrogen-bond donors (Lipinski definition) is 2. The average molecular weight is 294 g/mol. The van der Waals surface area contributed by atoms with Crippen LogP contribution in [-0.2, 0) is 4.79 Å². The summed E-state index contributed by atoms with van der Waals surface area (Å²) < 4.78 is 0. The van der Waals surface area contributed by atoms with Gasteiger partial charge in [0.25, 0.3) is 0 Å². The van der Waals surface area contributed by atoms with Crippen molar-refractivity contribution >= 4 is 16.9 Å². The molecule has 22 heavy (non-hydrogen) atoms. The Morgan fingerprint density at radius 2 is 1.86 bits per heavy atom. The molecule has 3 rings (SSSR count). The summed E-state index contributed by atoms with van der Waals surface area (Å²) in [5.41, 5.74) is 2.01. The lowest BCUT2D eigenvalue weighted by molar-refractivity contribution is -0.147. The lowest BCUT2D eigenvalue weighted by atomic mass is 9.71. The fourth-order valence-electron chi connectivity index (χ4n) is 2.94. The van der Waals surface area contributed by atoms with E-state index in [4.69, 9.17) is 0 Å². The Morgan fingerprint density at radius 3 is 2.55 bits per heavy atom. The number of carboxylic acid groups (broad SMARTS) is 1. The molecule has 0 saturated heterocycles. The number of aliphatic carboxylic acids is 1. The number of rotatable bonds is 4. The first kappa shape index (κ1) is 14.3. The fraction of sp³-hybridized carbons (Fsp3) is 0.222. The first-order valence-corrected chi connectivity index (χ1v) is 7.21. The molecule has 0 spiro atoms. The highest BCUT2D eigenvalue weighted by Crippen LogP contribution is 2.41. The van der Waals surface area contributed by atoms with Gasteiger partial charge in [-0.25, -0.2) is 0 Å². The molecular weight excluding hydrogens is 276 g/mol. The van der Waals surface area contributed by atoms with Gasteiger partial charge in [-0.2, -0.15) is 5.10 Å². The molecule has 4 heteroatoms. The third-order valence-corrected chi connectivity index (χ3v) is 4.20. The van der Waals surface area contributed by atoms with Gasteiger partial charge in [-0.3, -0.25) is 9.89 Å². The molecule has 2 N–H and O–H groups in total. The Balaban J connectivity index is 2.18. The standard InChI is InChI=1S/C18H18N2O2/c1-18(2,17(21)22)16(12-6-4-3-5-7-12)13-8-9-15-14(10-13)11-19-20-15/h3-11,16H,1-2H3,(H,19,20)(H,21,22). The predicted molar refractivity (Wildman–Crippen MR) is 85.8 cm³/mol. The van der Waals surface area contributed by atoms with Crippen molar-refractivity contribution in [3.8, 4) is 0 Å². The molecule has 0 radical (unpaired) electrons. The van der Waals surface area contributed by atoms with E-state index in [0.717, 1.165) is 22.0 Å². The van der Waals surface area contributed by atoms with Crippen LogP contribution in [0, 0.1) is 5.41 Å². The van der Waals surface area contributed by atoms with Crippen LogP contribution in [0.4, 0.5) is 0 Å². The number of aromatic nitrogens is 2. The molecule has 0 aliphatic rings. The van der Waals surface area contributed by atoms with Crippen molar-refractivity contribution in [3.05, 3.63) is 65.9 Å².